The molecule has 0 aromatic carbocycles. The maximum absolute atomic E-state index is 12.0. The summed E-state index contributed by atoms with van der Waals surface area (Å²) in [4.78, 5) is 20.4. The highest BCUT2D eigenvalue weighted by Crippen LogP contribution is 2.23. The molecule has 18 heavy (non-hydrogen) atoms. The van der Waals surface area contributed by atoms with Crippen molar-refractivity contribution in [2.75, 3.05) is 0 Å². The SMILES string of the molecule is Cc1[nH]c(-c2cccs2)nc1C(=O)OC(C)(C)C. The Kier molecular flexibility index (Phi) is 3.26. The van der Waals surface area contributed by atoms with Crippen molar-refractivity contribution in [2.24, 2.45) is 0 Å². The summed E-state index contributed by atoms with van der Waals surface area (Å²) in [6.45, 7) is 7.34. The molecule has 0 saturated heterocycles. The lowest BCUT2D eigenvalue weighted by molar-refractivity contribution is 0.00627. The van der Waals surface area contributed by atoms with Crippen LogP contribution in [-0.2, 0) is 4.74 Å². The number of rotatable bonds is 2. The number of aromatic amines is 1. The average Bonchev–Trinajstić information content (AvgIpc) is 2.82. The molecular formula is C13H16N2O2S. The van der Waals surface area contributed by atoms with Crippen LogP contribution in [-0.4, -0.2) is 21.5 Å². The van der Waals surface area contributed by atoms with Crippen LogP contribution in [0, 0.1) is 6.92 Å². The first-order chi connectivity index (χ1) is 8.37. The molecule has 0 saturated carbocycles. The van der Waals surface area contributed by atoms with Gasteiger partial charge in [-0.3, -0.25) is 0 Å². The summed E-state index contributed by atoms with van der Waals surface area (Å²) < 4.78 is 5.32. The Bertz CT molecular complexity index is 550. The number of nitrogens with zero attached hydrogens (tertiary/aromatic N) is 1. The summed E-state index contributed by atoms with van der Waals surface area (Å²) in [7, 11) is 0. The van der Waals surface area contributed by atoms with E-state index in [-0.39, 0.29) is 5.97 Å². The average molecular weight is 264 g/mol. The van der Waals surface area contributed by atoms with Crippen LogP contribution in [0.15, 0.2) is 17.5 Å². The first-order valence-corrected chi connectivity index (χ1v) is 6.58. The monoisotopic (exact) mass is 264 g/mol. The number of H-pyrrole nitrogens is 1. The van der Waals surface area contributed by atoms with Gasteiger partial charge in [-0.05, 0) is 39.1 Å². The zero-order chi connectivity index (χ0) is 13.3. The van der Waals surface area contributed by atoms with Crippen molar-refractivity contribution in [3.8, 4) is 10.7 Å². The van der Waals surface area contributed by atoms with Crippen molar-refractivity contribution < 1.29 is 9.53 Å². The predicted molar refractivity (Wildman–Crippen MR) is 71.8 cm³/mol. The van der Waals surface area contributed by atoms with E-state index in [0.29, 0.717) is 11.5 Å². The van der Waals surface area contributed by atoms with Crippen LogP contribution in [0.4, 0.5) is 0 Å². The van der Waals surface area contributed by atoms with Crippen molar-refractivity contribution in [3.05, 3.63) is 28.9 Å². The third kappa shape index (κ3) is 2.79. The molecule has 0 atom stereocenters. The topological polar surface area (TPSA) is 55.0 Å². The van der Waals surface area contributed by atoms with E-state index in [1.807, 2.05) is 45.2 Å². The van der Waals surface area contributed by atoms with Gasteiger partial charge in [0.1, 0.15) is 11.4 Å². The Morgan fingerprint density at radius 3 is 2.72 bits per heavy atom. The van der Waals surface area contributed by atoms with E-state index in [2.05, 4.69) is 9.97 Å². The van der Waals surface area contributed by atoms with Crippen LogP contribution in [0.3, 0.4) is 0 Å². The lowest BCUT2D eigenvalue weighted by atomic mass is 10.2. The summed E-state index contributed by atoms with van der Waals surface area (Å²) in [5.41, 5.74) is 0.576. The van der Waals surface area contributed by atoms with Crippen molar-refractivity contribution in [3.63, 3.8) is 0 Å². The van der Waals surface area contributed by atoms with Gasteiger partial charge in [0.25, 0.3) is 0 Å². The number of hydrogen-bond acceptors (Lipinski definition) is 4. The summed E-state index contributed by atoms with van der Waals surface area (Å²) in [5, 5.41) is 1.97. The van der Waals surface area contributed by atoms with Crippen molar-refractivity contribution in [1.29, 1.82) is 0 Å². The molecule has 0 amide bonds. The molecule has 96 valence electrons. The third-order valence-corrected chi connectivity index (χ3v) is 3.11. The number of thiophene rings is 1. The second-order valence-corrected chi connectivity index (χ2v) is 5.99. The van der Waals surface area contributed by atoms with E-state index in [0.717, 1.165) is 10.6 Å². The summed E-state index contributed by atoms with van der Waals surface area (Å²) in [6, 6.07) is 3.91. The Labute approximate surface area is 110 Å². The Morgan fingerprint density at radius 2 is 2.17 bits per heavy atom. The molecule has 0 fully saturated rings. The molecule has 4 nitrogen and oxygen atoms in total. The minimum absolute atomic E-state index is 0.355. The Balaban J connectivity index is 2.27. The smallest absolute Gasteiger partial charge is 0.359 e. The minimum Gasteiger partial charge on any atom is -0.455 e. The van der Waals surface area contributed by atoms with Crippen LogP contribution in [0.1, 0.15) is 37.0 Å². The molecule has 0 aliphatic rings. The van der Waals surface area contributed by atoms with E-state index in [4.69, 9.17) is 4.74 Å². The molecule has 0 aliphatic heterocycles. The summed E-state index contributed by atoms with van der Waals surface area (Å²) >= 11 is 1.58. The van der Waals surface area contributed by atoms with Gasteiger partial charge in [-0.25, -0.2) is 9.78 Å². The second kappa shape index (κ2) is 4.57. The van der Waals surface area contributed by atoms with Crippen LogP contribution in [0.2, 0.25) is 0 Å². The van der Waals surface area contributed by atoms with Gasteiger partial charge in [-0.2, -0.15) is 0 Å². The van der Waals surface area contributed by atoms with E-state index in [1.165, 1.54) is 0 Å². The quantitative estimate of drug-likeness (QED) is 0.846. The maximum atomic E-state index is 12.0. The fourth-order valence-corrected chi connectivity index (χ4v) is 2.18. The number of imidazole rings is 1. The number of aryl methyl sites for hydroxylation is 1. The van der Waals surface area contributed by atoms with Gasteiger partial charge >= 0.3 is 5.97 Å². The molecule has 0 aliphatic carbocycles. The fourth-order valence-electron chi connectivity index (χ4n) is 1.52. The van der Waals surface area contributed by atoms with Gasteiger partial charge in [0.2, 0.25) is 0 Å². The molecule has 5 heteroatoms. The van der Waals surface area contributed by atoms with Gasteiger partial charge in [0, 0.05) is 5.69 Å². The summed E-state index contributed by atoms with van der Waals surface area (Å²) in [6.07, 6.45) is 0. The number of hydrogen-bond donors (Lipinski definition) is 1. The standard InChI is InChI=1S/C13H16N2O2S/c1-8-10(12(16)17-13(2,3)4)15-11(14-8)9-6-5-7-18-9/h5-7H,1-4H3,(H,14,15). The first-order valence-electron chi connectivity index (χ1n) is 5.70. The van der Waals surface area contributed by atoms with Gasteiger partial charge in [0.15, 0.2) is 5.69 Å². The van der Waals surface area contributed by atoms with Crippen LogP contribution >= 0.6 is 11.3 Å². The van der Waals surface area contributed by atoms with E-state index >= 15 is 0 Å². The summed E-state index contributed by atoms with van der Waals surface area (Å²) in [5.74, 6) is 0.322. The number of aromatic nitrogens is 2. The first kappa shape index (κ1) is 12.8. The third-order valence-electron chi connectivity index (χ3n) is 2.23. The molecule has 2 heterocycles. The van der Waals surface area contributed by atoms with Gasteiger partial charge in [-0.15, -0.1) is 11.3 Å². The van der Waals surface area contributed by atoms with E-state index < -0.39 is 5.60 Å². The van der Waals surface area contributed by atoms with Gasteiger partial charge < -0.3 is 9.72 Å². The number of nitrogens with one attached hydrogen (secondary N) is 1. The molecule has 2 aromatic rings. The highest BCUT2D eigenvalue weighted by atomic mass is 32.1. The lowest BCUT2D eigenvalue weighted by Crippen LogP contribution is -2.24. The molecule has 1 N–H and O–H groups in total. The number of carbonyl (C=O) groups excluding carboxylic acids is 1. The Morgan fingerprint density at radius 1 is 1.44 bits per heavy atom. The number of esters is 1. The molecule has 0 bridgehead atoms. The second-order valence-electron chi connectivity index (χ2n) is 5.04. The molecule has 2 rings (SSSR count). The maximum Gasteiger partial charge on any atom is 0.359 e. The van der Waals surface area contributed by atoms with E-state index in [1.54, 1.807) is 11.3 Å². The van der Waals surface area contributed by atoms with Gasteiger partial charge in [-0.1, -0.05) is 6.07 Å². The Hall–Kier alpha value is -1.62. The van der Waals surface area contributed by atoms with Gasteiger partial charge in [0.05, 0.1) is 4.88 Å². The van der Waals surface area contributed by atoms with Crippen LogP contribution < -0.4 is 0 Å². The van der Waals surface area contributed by atoms with Crippen molar-refractivity contribution in [1.82, 2.24) is 9.97 Å². The number of ether oxygens (including phenoxy) is 1. The van der Waals surface area contributed by atoms with Crippen molar-refractivity contribution >= 4 is 17.3 Å². The van der Waals surface area contributed by atoms with Crippen LogP contribution in [0.25, 0.3) is 10.7 Å². The molecule has 2 aromatic heterocycles. The molecular weight excluding hydrogens is 248 g/mol. The molecule has 0 radical (unpaired) electrons. The lowest BCUT2D eigenvalue weighted by Gasteiger charge is -2.18. The predicted octanol–water partition coefficient (Wildman–Crippen LogP) is 3.40. The van der Waals surface area contributed by atoms with E-state index in [9.17, 15) is 4.79 Å². The zero-order valence-corrected chi connectivity index (χ0v) is 11.7. The molecule has 0 unspecified atom stereocenters. The normalized spacial score (nSPS) is 11.6. The highest BCUT2D eigenvalue weighted by Gasteiger charge is 2.22. The highest BCUT2D eigenvalue weighted by molar-refractivity contribution is 7.13. The largest absolute Gasteiger partial charge is 0.455 e. The fraction of sp³-hybridized carbons (Fsp3) is 0.385. The van der Waals surface area contributed by atoms with Crippen molar-refractivity contribution in [2.45, 2.75) is 33.3 Å². The molecule has 0 spiro atoms. The zero-order valence-electron chi connectivity index (χ0n) is 10.9. The minimum atomic E-state index is -0.508. The van der Waals surface area contributed by atoms with Crippen LogP contribution in [0.5, 0.6) is 0 Å². The number of carbonyl (C=O) groups is 1.